The van der Waals surface area contributed by atoms with Crippen molar-refractivity contribution in [2.45, 2.75) is 45.1 Å². The number of alkyl halides is 3. The lowest BCUT2D eigenvalue weighted by Gasteiger charge is -2.33. The van der Waals surface area contributed by atoms with Gasteiger partial charge >= 0.3 is 12.1 Å². The average Bonchev–Trinajstić information content (AvgIpc) is 3.29. The Balaban J connectivity index is 0.000000360. The van der Waals surface area contributed by atoms with Crippen molar-refractivity contribution in [3.63, 3.8) is 0 Å². The van der Waals surface area contributed by atoms with E-state index in [0.29, 0.717) is 11.7 Å². The van der Waals surface area contributed by atoms with Crippen molar-refractivity contribution in [1.29, 1.82) is 0 Å². The number of anilines is 1. The lowest BCUT2D eigenvalue weighted by Crippen LogP contribution is -2.45. The number of halogens is 3. The summed E-state index contributed by atoms with van der Waals surface area (Å²) < 4.78 is 48.4. The van der Waals surface area contributed by atoms with Gasteiger partial charge < -0.3 is 24.6 Å². The van der Waals surface area contributed by atoms with Gasteiger partial charge in [-0.3, -0.25) is 9.69 Å². The number of rotatable bonds is 5. The molecular formula is C21H27F3N2O6. The van der Waals surface area contributed by atoms with Gasteiger partial charge in [0, 0.05) is 24.8 Å². The van der Waals surface area contributed by atoms with Crippen LogP contribution in [-0.2, 0) is 14.3 Å². The van der Waals surface area contributed by atoms with Crippen molar-refractivity contribution < 1.29 is 42.1 Å². The quantitative estimate of drug-likeness (QED) is 0.697. The van der Waals surface area contributed by atoms with Crippen LogP contribution in [0.25, 0.3) is 0 Å². The Labute approximate surface area is 183 Å². The lowest BCUT2D eigenvalue weighted by atomic mass is 9.99. The largest absolute Gasteiger partial charge is 0.490 e. The third-order valence-corrected chi connectivity index (χ3v) is 5.47. The molecule has 1 amide bonds. The predicted molar refractivity (Wildman–Crippen MR) is 108 cm³/mol. The fourth-order valence-corrected chi connectivity index (χ4v) is 3.85. The van der Waals surface area contributed by atoms with E-state index in [4.69, 9.17) is 24.1 Å². The molecule has 0 saturated carbocycles. The van der Waals surface area contributed by atoms with Crippen LogP contribution >= 0.6 is 0 Å². The van der Waals surface area contributed by atoms with Gasteiger partial charge in [0.15, 0.2) is 11.5 Å². The van der Waals surface area contributed by atoms with Crippen molar-refractivity contribution >= 4 is 17.6 Å². The van der Waals surface area contributed by atoms with Gasteiger partial charge in [0.05, 0.1) is 18.1 Å². The summed E-state index contributed by atoms with van der Waals surface area (Å²) in [5.41, 5.74) is 0.743. The molecule has 0 spiro atoms. The van der Waals surface area contributed by atoms with Gasteiger partial charge in [-0.1, -0.05) is 13.8 Å². The normalized spacial score (nSPS) is 24.1. The molecule has 4 rings (SSSR count). The highest BCUT2D eigenvalue weighted by Crippen LogP contribution is 2.36. The summed E-state index contributed by atoms with van der Waals surface area (Å²) in [6, 6.07) is 5.49. The Hall–Kier alpha value is -2.53. The fourth-order valence-electron chi connectivity index (χ4n) is 3.85. The van der Waals surface area contributed by atoms with Crippen LogP contribution < -0.4 is 14.8 Å². The van der Waals surface area contributed by atoms with Crippen molar-refractivity contribution in [3.8, 4) is 11.5 Å². The summed E-state index contributed by atoms with van der Waals surface area (Å²) in [5, 5.41) is 10.1. The second-order valence-electron chi connectivity index (χ2n) is 8.44. The number of likely N-dealkylation sites (tertiary alicyclic amines) is 1. The van der Waals surface area contributed by atoms with E-state index in [1.165, 1.54) is 6.42 Å². The minimum atomic E-state index is -5.08. The summed E-state index contributed by atoms with van der Waals surface area (Å²) >= 11 is 0. The smallest absolute Gasteiger partial charge is 0.475 e. The van der Waals surface area contributed by atoms with E-state index >= 15 is 0 Å². The third kappa shape index (κ3) is 6.26. The minimum absolute atomic E-state index is 0.0000715. The topological polar surface area (TPSA) is 97.3 Å². The SMILES string of the molecule is CC(C)CCN1C[C@H]2C[C@H](C(=O)Nc3ccc4c(c3)OCO4)[C@@H](C1)O2.O=C(O)C(F)(F)F. The van der Waals surface area contributed by atoms with Crippen LogP contribution in [0.2, 0.25) is 0 Å². The first-order chi connectivity index (χ1) is 15.0. The number of hydrogen-bond donors (Lipinski definition) is 2. The maximum atomic E-state index is 12.7. The van der Waals surface area contributed by atoms with E-state index in [9.17, 15) is 18.0 Å². The van der Waals surface area contributed by atoms with Gasteiger partial charge in [-0.2, -0.15) is 13.2 Å². The zero-order valence-corrected chi connectivity index (χ0v) is 17.9. The molecule has 8 nitrogen and oxygen atoms in total. The van der Waals surface area contributed by atoms with E-state index < -0.39 is 12.1 Å². The third-order valence-electron chi connectivity index (χ3n) is 5.47. The molecule has 2 N–H and O–H groups in total. The Morgan fingerprint density at radius 3 is 2.56 bits per heavy atom. The zero-order chi connectivity index (χ0) is 23.5. The molecular weight excluding hydrogens is 433 g/mol. The van der Waals surface area contributed by atoms with Gasteiger partial charge in [0.2, 0.25) is 12.7 Å². The number of carbonyl (C=O) groups excluding carboxylic acids is 1. The van der Waals surface area contributed by atoms with Crippen molar-refractivity contribution in [1.82, 2.24) is 4.90 Å². The fraction of sp³-hybridized carbons (Fsp3) is 0.619. The highest BCUT2D eigenvalue weighted by Gasteiger charge is 2.44. The van der Waals surface area contributed by atoms with Crippen LogP contribution in [0.1, 0.15) is 26.7 Å². The van der Waals surface area contributed by atoms with Crippen molar-refractivity contribution in [3.05, 3.63) is 18.2 Å². The molecule has 0 unspecified atom stereocenters. The summed E-state index contributed by atoms with van der Waals surface area (Å²) in [4.78, 5) is 24.1. The maximum Gasteiger partial charge on any atom is 0.490 e. The van der Waals surface area contributed by atoms with E-state index in [-0.39, 0.29) is 30.8 Å². The van der Waals surface area contributed by atoms with E-state index in [1.54, 1.807) is 0 Å². The molecule has 0 radical (unpaired) electrons. The van der Waals surface area contributed by atoms with Crippen molar-refractivity contribution in [2.75, 3.05) is 31.7 Å². The number of carboxylic acids is 1. The summed E-state index contributed by atoms with van der Waals surface area (Å²) in [5.74, 6) is -0.701. The number of carboxylic acid groups (broad SMARTS) is 1. The van der Waals surface area contributed by atoms with Gasteiger partial charge in [-0.05, 0) is 37.4 Å². The van der Waals surface area contributed by atoms with Crippen LogP contribution in [0, 0.1) is 11.8 Å². The molecule has 3 aliphatic rings. The number of fused-ring (bicyclic) bond motifs is 3. The molecule has 2 fully saturated rings. The standard InChI is InChI=1S/C19H26N2O4.C2HF3O2/c1-12(2)5-6-21-9-14-8-15(18(10-21)25-14)19(22)20-13-3-4-16-17(7-13)24-11-23-16;3-2(4,5)1(6)7/h3-4,7,12,14-15,18H,5-6,8-11H2,1-2H3,(H,20,22);(H,6,7)/t14-,15+,18-;/m1./s1. The van der Waals surface area contributed by atoms with Crippen LogP contribution in [0.3, 0.4) is 0 Å². The first kappa shape index (κ1) is 24.1. The van der Waals surface area contributed by atoms with E-state index in [1.807, 2.05) is 18.2 Å². The second kappa shape index (κ2) is 9.95. The number of aliphatic carboxylic acids is 1. The number of nitrogens with one attached hydrogen (secondary N) is 1. The minimum Gasteiger partial charge on any atom is -0.475 e. The van der Waals surface area contributed by atoms with E-state index in [2.05, 4.69) is 24.1 Å². The molecule has 11 heteroatoms. The predicted octanol–water partition coefficient (Wildman–Crippen LogP) is 3.12. The molecule has 2 saturated heterocycles. The number of benzene rings is 1. The molecule has 0 aromatic heterocycles. The second-order valence-corrected chi connectivity index (χ2v) is 8.44. The first-order valence-electron chi connectivity index (χ1n) is 10.4. The highest BCUT2D eigenvalue weighted by atomic mass is 19.4. The number of morpholine rings is 1. The number of hydrogen-bond acceptors (Lipinski definition) is 6. The van der Waals surface area contributed by atoms with Crippen LogP contribution in [0.15, 0.2) is 18.2 Å². The number of nitrogens with zero attached hydrogens (tertiary/aromatic N) is 1. The lowest BCUT2D eigenvalue weighted by molar-refractivity contribution is -0.192. The number of carbonyl (C=O) groups is 2. The van der Waals surface area contributed by atoms with Gasteiger partial charge in [0.1, 0.15) is 0 Å². The molecule has 32 heavy (non-hydrogen) atoms. The monoisotopic (exact) mass is 460 g/mol. The van der Waals surface area contributed by atoms with Crippen LogP contribution in [0.5, 0.6) is 11.5 Å². The number of ether oxygens (including phenoxy) is 3. The molecule has 3 heterocycles. The van der Waals surface area contributed by atoms with Crippen molar-refractivity contribution in [2.24, 2.45) is 11.8 Å². The molecule has 0 aliphatic carbocycles. The zero-order valence-electron chi connectivity index (χ0n) is 17.9. The maximum absolute atomic E-state index is 12.7. The van der Waals surface area contributed by atoms with Gasteiger partial charge in [0.25, 0.3) is 0 Å². The highest BCUT2D eigenvalue weighted by molar-refractivity contribution is 5.93. The average molecular weight is 460 g/mol. The Kier molecular flexibility index (Phi) is 7.50. The Morgan fingerprint density at radius 1 is 1.22 bits per heavy atom. The molecule has 2 bridgehead atoms. The van der Waals surface area contributed by atoms with E-state index in [0.717, 1.165) is 37.5 Å². The molecule has 3 aliphatic heterocycles. The molecule has 1 aromatic carbocycles. The number of amides is 1. The summed E-state index contributed by atoms with van der Waals surface area (Å²) in [6.45, 7) is 7.61. The van der Waals surface area contributed by atoms with Crippen LogP contribution in [0.4, 0.5) is 18.9 Å². The molecule has 3 atom stereocenters. The molecule has 178 valence electrons. The van der Waals surface area contributed by atoms with Gasteiger partial charge in [-0.25, -0.2) is 4.79 Å². The summed E-state index contributed by atoms with van der Waals surface area (Å²) in [6.07, 6.45) is -2.91. The van der Waals surface area contributed by atoms with Crippen LogP contribution in [-0.4, -0.2) is 66.7 Å². The first-order valence-corrected chi connectivity index (χ1v) is 10.4. The Bertz CT molecular complexity index is 832. The molecule has 1 aromatic rings. The summed E-state index contributed by atoms with van der Waals surface area (Å²) in [7, 11) is 0. The van der Waals surface area contributed by atoms with Gasteiger partial charge in [-0.15, -0.1) is 0 Å². The Morgan fingerprint density at radius 2 is 1.91 bits per heavy atom.